The summed E-state index contributed by atoms with van der Waals surface area (Å²) >= 11 is 0. The summed E-state index contributed by atoms with van der Waals surface area (Å²) < 4.78 is 27.0. The Kier molecular flexibility index (Phi) is 4.33. The number of halogens is 2. The lowest BCUT2D eigenvalue weighted by Gasteiger charge is -2.11. The van der Waals surface area contributed by atoms with Gasteiger partial charge in [-0.25, -0.2) is 13.8 Å². The van der Waals surface area contributed by atoms with E-state index in [1.54, 1.807) is 19.2 Å². The van der Waals surface area contributed by atoms with Crippen LogP contribution in [0.5, 0.6) is 0 Å². The molecule has 2 heterocycles. The monoisotopic (exact) mass is 363 g/mol. The van der Waals surface area contributed by atoms with Gasteiger partial charge in [-0.2, -0.15) is 4.98 Å². The second-order valence-corrected chi connectivity index (χ2v) is 5.97. The molecule has 0 radical (unpaired) electrons. The summed E-state index contributed by atoms with van der Waals surface area (Å²) in [6.07, 6.45) is 1.72. The predicted molar refractivity (Wildman–Crippen MR) is 101 cm³/mol. The highest BCUT2D eigenvalue weighted by Crippen LogP contribution is 2.25. The Hall–Kier alpha value is -3.61. The number of nitrogens with zero attached hydrogens (tertiary/aromatic N) is 3. The van der Waals surface area contributed by atoms with Crippen molar-refractivity contribution in [2.45, 2.75) is 6.92 Å². The summed E-state index contributed by atoms with van der Waals surface area (Å²) in [7, 11) is 0. The molecule has 7 heteroatoms. The number of hydrogen-bond donors (Lipinski definition) is 2. The Balaban J connectivity index is 1.66. The number of pyridine rings is 1. The van der Waals surface area contributed by atoms with Crippen molar-refractivity contribution < 1.29 is 8.78 Å². The number of para-hydroxylation sites is 1. The highest BCUT2D eigenvalue weighted by Gasteiger charge is 2.09. The molecule has 0 atom stereocenters. The molecule has 0 amide bonds. The summed E-state index contributed by atoms with van der Waals surface area (Å²) in [5.41, 5.74) is 2.37. The van der Waals surface area contributed by atoms with E-state index in [0.717, 1.165) is 22.7 Å². The summed E-state index contributed by atoms with van der Waals surface area (Å²) in [5, 5.41) is 7.00. The van der Waals surface area contributed by atoms with Crippen LogP contribution in [-0.4, -0.2) is 15.0 Å². The first kappa shape index (κ1) is 16.8. The van der Waals surface area contributed by atoms with Crippen molar-refractivity contribution in [3.8, 4) is 0 Å². The summed E-state index contributed by atoms with van der Waals surface area (Å²) in [5.74, 6) is -0.594. The van der Waals surface area contributed by atoms with Crippen LogP contribution in [-0.2, 0) is 0 Å². The van der Waals surface area contributed by atoms with Gasteiger partial charge in [0, 0.05) is 29.4 Å². The SMILES string of the molecule is Cc1cc(Nc2ccc(F)cc2F)nc(Nc2cccc3cccnc23)n1. The number of hydrogen-bond acceptors (Lipinski definition) is 5. The first-order valence-corrected chi connectivity index (χ1v) is 8.27. The highest BCUT2D eigenvalue weighted by molar-refractivity contribution is 5.91. The molecule has 0 spiro atoms. The highest BCUT2D eigenvalue weighted by atomic mass is 19.1. The van der Waals surface area contributed by atoms with E-state index < -0.39 is 11.6 Å². The minimum absolute atomic E-state index is 0.132. The van der Waals surface area contributed by atoms with Crippen molar-refractivity contribution in [1.82, 2.24) is 15.0 Å². The molecule has 0 aliphatic heterocycles. The van der Waals surface area contributed by atoms with E-state index in [4.69, 9.17) is 0 Å². The molecule has 4 rings (SSSR count). The lowest BCUT2D eigenvalue weighted by atomic mass is 10.2. The van der Waals surface area contributed by atoms with E-state index in [2.05, 4.69) is 25.6 Å². The third-order valence-corrected chi connectivity index (χ3v) is 3.93. The molecule has 0 aliphatic rings. The van der Waals surface area contributed by atoms with Crippen LogP contribution in [0.3, 0.4) is 0 Å². The van der Waals surface area contributed by atoms with Gasteiger partial charge in [0.25, 0.3) is 0 Å². The van der Waals surface area contributed by atoms with Crippen LogP contribution in [0.4, 0.5) is 31.9 Å². The van der Waals surface area contributed by atoms with Crippen molar-refractivity contribution in [2.75, 3.05) is 10.6 Å². The van der Waals surface area contributed by atoms with E-state index in [0.29, 0.717) is 17.5 Å². The molecule has 0 saturated carbocycles. The van der Waals surface area contributed by atoms with E-state index in [9.17, 15) is 8.78 Å². The summed E-state index contributed by atoms with van der Waals surface area (Å²) in [6, 6.07) is 14.6. The van der Waals surface area contributed by atoms with Gasteiger partial charge in [0.1, 0.15) is 17.5 Å². The summed E-state index contributed by atoms with van der Waals surface area (Å²) in [6.45, 7) is 1.81. The van der Waals surface area contributed by atoms with Crippen LogP contribution < -0.4 is 10.6 Å². The minimum Gasteiger partial charge on any atom is -0.338 e. The average molecular weight is 363 g/mol. The first-order chi connectivity index (χ1) is 13.1. The van der Waals surface area contributed by atoms with Crippen LogP contribution in [0.25, 0.3) is 10.9 Å². The van der Waals surface area contributed by atoms with Crippen LogP contribution in [0.2, 0.25) is 0 Å². The maximum Gasteiger partial charge on any atom is 0.229 e. The van der Waals surface area contributed by atoms with Gasteiger partial charge in [0.15, 0.2) is 0 Å². The number of aromatic nitrogens is 3. The van der Waals surface area contributed by atoms with Crippen molar-refractivity contribution in [3.05, 3.63) is 78.1 Å². The molecular formula is C20H15F2N5. The van der Waals surface area contributed by atoms with Gasteiger partial charge in [-0.3, -0.25) is 4.98 Å². The van der Waals surface area contributed by atoms with Gasteiger partial charge in [0.2, 0.25) is 5.95 Å². The third kappa shape index (κ3) is 3.67. The topological polar surface area (TPSA) is 62.7 Å². The van der Waals surface area contributed by atoms with Gasteiger partial charge in [-0.1, -0.05) is 18.2 Å². The van der Waals surface area contributed by atoms with Crippen LogP contribution in [0.1, 0.15) is 5.69 Å². The molecular weight excluding hydrogens is 348 g/mol. The second kappa shape index (κ2) is 6.95. The number of aryl methyl sites for hydroxylation is 1. The zero-order valence-electron chi connectivity index (χ0n) is 14.4. The normalized spacial score (nSPS) is 10.8. The molecule has 0 unspecified atom stereocenters. The van der Waals surface area contributed by atoms with E-state index in [1.807, 2.05) is 30.3 Å². The fraction of sp³-hybridized carbons (Fsp3) is 0.0500. The van der Waals surface area contributed by atoms with E-state index >= 15 is 0 Å². The minimum atomic E-state index is -0.695. The number of nitrogens with one attached hydrogen (secondary N) is 2. The average Bonchev–Trinajstić information content (AvgIpc) is 2.64. The van der Waals surface area contributed by atoms with E-state index in [1.165, 1.54) is 12.1 Å². The zero-order valence-corrected chi connectivity index (χ0v) is 14.4. The van der Waals surface area contributed by atoms with Gasteiger partial charge >= 0.3 is 0 Å². The molecule has 134 valence electrons. The molecule has 27 heavy (non-hydrogen) atoms. The van der Waals surface area contributed by atoms with Crippen molar-refractivity contribution in [2.24, 2.45) is 0 Å². The molecule has 0 bridgehead atoms. The quantitative estimate of drug-likeness (QED) is 0.528. The maximum atomic E-state index is 13.9. The Labute approximate surface area is 154 Å². The number of anilines is 4. The van der Waals surface area contributed by atoms with Gasteiger partial charge in [-0.05, 0) is 31.2 Å². The molecule has 0 fully saturated rings. The molecule has 2 aromatic heterocycles. The van der Waals surface area contributed by atoms with Gasteiger partial charge in [-0.15, -0.1) is 0 Å². The molecule has 2 aromatic carbocycles. The smallest absolute Gasteiger partial charge is 0.229 e. The molecule has 0 saturated heterocycles. The number of fused-ring (bicyclic) bond motifs is 1. The molecule has 2 N–H and O–H groups in total. The van der Waals surface area contributed by atoms with Crippen LogP contribution in [0, 0.1) is 18.6 Å². The maximum absolute atomic E-state index is 13.9. The van der Waals surface area contributed by atoms with Crippen LogP contribution >= 0.6 is 0 Å². The Bertz CT molecular complexity index is 1130. The van der Waals surface area contributed by atoms with E-state index in [-0.39, 0.29) is 5.69 Å². The van der Waals surface area contributed by atoms with Crippen molar-refractivity contribution in [1.29, 1.82) is 0 Å². The fourth-order valence-electron chi connectivity index (χ4n) is 2.74. The second-order valence-electron chi connectivity index (χ2n) is 5.97. The lowest BCUT2D eigenvalue weighted by molar-refractivity contribution is 0.586. The molecule has 4 aromatic rings. The summed E-state index contributed by atoms with van der Waals surface area (Å²) in [4.78, 5) is 13.1. The zero-order chi connectivity index (χ0) is 18.8. The van der Waals surface area contributed by atoms with Crippen LogP contribution in [0.15, 0.2) is 60.8 Å². The molecule has 5 nitrogen and oxygen atoms in total. The Morgan fingerprint density at radius 2 is 1.70 bits per heavy atom. The number of rotatable bonds is 4. The Morgan fingerprint density at radius 3 is 2.56 bits per heavy atom. The first-order valence-electron chi connectivity index (χ1n) is 8.27. The predicted octanol–water partition coefficient (Wildman–Crippen LogP) is 5.10. The Morgan fingerprint density at radius 1 is 0.852 bits per heavy atom. The van der Waals surface area contributed by atoms with Gasteiger partial charge < -0.3 is 10.6 Å². The molecule has 0 aliphatic carbocycles. The largest absolute Gasteiger partial charge is 0.338 e. The fourth-order valence-corrected chi connectivity index (χ4v) is 2.74. The third-order valence-electron chi connectivity index (χ3n) is 3.93. The van der Waals surface area contributed by atoms with Crippen molar-refractivity contribution >= 4 is 34.0 Å². The standard InChI is InChI=1S/C20H15F2N5/c1-12-10-18(25-16-8-7-14(21)11-15(16)22)27-20(24-12)26-17-6-2-4-13-5-3-9-23-19(13)17/h2-11H,1H3,(H2,24,25,26,27). The number of benzene rings is 2. The van der Waals surface area contributed by atoms with Crippen molar-refractivity contribution in [3.63, 3.8) is 0 Å². The van der Waals surface area contributed by atoms with Gasteiger partial charge in [0.05, 0.1) is 16.9 Å². The lowest BCUT2D eigenvalue weighted by Crippen LogP contribution is -2.04.